The van der Waals surface area contributed by atoms with Gasteiger partial charge in [0.25, 0.3) is 0 Å². The normalized spacial score (nSPS) is 14.1. The Bertz CT molecular complexity index is 914. The van der Waals surface area contributed by atoms with E-state index in [1.807, 2.05) is 18.2 Å². The first-order valence-corrected chi connectivity index (χ1v) is 9.12. The third-order valence-electron chi connectivity index (χ3n) is 4.71. The summed E-state index contributed by atoms with van der Waals surface area (Å²) in [5.74, 6) is 0. The minimum atomic E-state index is 0.662. The van der Waals surface area contributed by atoms with E-state index in [1.54, 1.807) is 0 Å². The number of rotatable bonds is 3. The number of aryl methyl sites for hydroxylation is 1. The lowest BCUT2D eigenvalue weighted by Gasteiger charge is -2.16. The first-order chi connectivity index (χ1) is 11.7. The number of nitrogens with zero attached hydrogens (tertiary/aromatic N) is 1. The van der Waals surface area contributed by atoms with E-state index in [0.717, 1.165) is 31.6 Å². The second-order valence-corrected chi connectivity index (χ2v) is 7.05. The Morgan fingerprint density at radius 2 is 2.00 bits per heavy atom. The highest BCUT2D eigenvalue weighted by Gasteiger charge is 2.23. The lowest BCUT2D eigenvalue weighted by atomic mass is 9.96. The summed E-state index contributed by atoms with van der Waals surface area (Å²) in [6, 6.07) is 12.2. The number of ether oxygens (including phenoxy) is 1. The van der Waals surface area contributed by atoms with Gasteiger partial charge in [0.2, 0.25) is 0 Å². The van der Waals surface area contributed by atoms with Crippen LogP contribution in [0.1, 0.15) is 24.6 Å². The highest BCUT2D eigenvalue weighted by molar-refractivity contribution is 6.36. The van der Waals surface area contributed by atoms with Gasteiger partial charge in [-0.05, 0) is 42.2 Å². The standard InChI is InChI=1S/C20H19Cl2NO/c1-2-9-23-18-5-3-4-15(14-7-6-13(21)11-17(14)22)20(18)16-8-10-24-12-19(16)23/h3-7,11H,2,8-10,12H2,1H3. The molecule has 0 fully saturated rings. The molecule has 0 radical (unpaired) electrons. The molecule has 4 heteroatoms. The molecule has 124 valence electrons. The zero-order valence-corrected chi connectivity index (χ0v) is 15.1. The van der Waals surface area contributed by atoms with Crippen LogP contribution in [0.4, 0.5) is 0 Å². The predicted molar refractivity (Wildman–Crippen MR) is 101 cm³/mol. The molecule has 0 atom stereocenters. The molecule has 0 unspecified atom stereocenters. The van der Waals surface area contributed by atoms with Crippen LogP contribution in [0.25, 0.3) is 22.0 Å². The van der Waals surface area contributed by atoms with E-state index >= 15 is 0 Å². The molecule has 0 saturated carbocycles. The zero-order chi connectivity index (χ0) is 16.7. The molecule has 2 nitrogen and oxygen atoms in total. The summed E-state index contributed by atoms with van der Waals surface area (Å²) >= 11 is 12.6. The van der Waals surface area contributed by atoms with Crippen molar-refractivity contribution in [3.63, 3.8) is 0 Å². The summed E-state index contributed by atoms with van der Waals surface area (Å²) in [7, 11) is 0. The van der Waals surface area contributed by atoms with E-state index in [2.05, 4.69) is 29.7 Å². The molecular formula is C20H19Cl2NO. The Kier molecular flexibility index (Phi) is 4.29. The van der Waals surface area contributed by atoms with Gasteiger partial charge in [-0.2, -0.15) is 0 Å². The van der Waals surface area contributed by atoms with E-state index in [9.17, 15) is 0 Å². The molecule has 3 aromatic rings. The summed E-state index contributed by atoms with van der Waals surface area (Å²) in [5, 5.41) is 2.67. The number of hydrogen-bond acceptors (Lipinski definition) is 1. The van der Waals surface area contributed by atoms with E-state index in [0.29, 0.717) is 16.7 Å². The number of hydrogen-bond donors (Lipinski definition) is 0. The minimum Gasteiger partial charge on any atom is -0.375 e. The average molecular weight is 360 g/mol. The highest BCUT2D eigenvalue weighted by atomic mass is 35.5. The van der Waals surface area contributed by atoms with Gasteiger partial charge in [-0.25, -0.2) is 0 Å². The van der Waals surface area contributed by atoms with Gasteiger partial charge in [0, 0.05) is 38.8 Å². The predicted octanol–water partition coefficient (Wildman–Crippen LogP) is 6.10. The van der Waals surface area contributed by atoms with E-state index in [4.69, 9.17) is 27.9 Å². The van der Waals surface area contributed by atoms with Crippen molar-refractivity contribution in [3.8, 4) is 11.1 Å². The zero-order valence-electron chi connectivity index (χ0n) is 13.6. The van der Waals surface area contributed by atoms with Crippen LogP contribution in [-0.4, -0.2) is 11.2 Å². The molecular weight excluding hydrogens is 341 g/mol. The van der Waals surface area contributed by atoms with Gasteiger partial charge in [0.15, 0.2) is 0 Å². The van der Waals surface area contributed by atoms with Crippen LogP contribution in [0.2, 0.25) is 10.0 Å². The highest BCUT2D eigenvalue weighted by Crippen LogP contribution is 2.40. The lowest BCUT2D eigenvalue weighted by Crippen LogP contribution is -2.13. The SMILES string of the molecule is CCCn1c2c(c3c(-c4ccc(Cl)cc4Cl)cccc31)CCOC2. The number of fused-ring (bicyclic) bond motifs is 3. The molecule has 2 aromatic carbocycles. The molecule has 1 aliphatic heterocycles. The third-order valence-corrected chi connectivity index (χ3v) is 5.26. The maximum atomic E-state index is 6.50. The first kappa shape index (κ1) is 16.0. The molecule has 24 heavy (non-hydrogen) atoms. The quantitative estimate of drug-likeness (QED) is 0.551. The molecule has 1 aromatic heterocycles. The molecule has 0 spiro atoms. The van der Waals surface area contributed by atoms with Crippen LogP contribution >= 0.6 is 23.2 Å². The van der Waals surface area contributed by atoms with Crippen molar-refractivity contribution in [1.82, 2.24) is 4.57 Å². The summed E-state index contributed by atoms with van der Waals surface area (Å²) in [6.45, 7) is 4.69. The molecule has 4 rings (SSSR count). The summed E-state index contributed by atoms with van der Waals surface area (Å²) in [6.07, 6.45) is 2.05. The Morgan fingerprint density at radius 1 is 1.12 bits per heavy atom. The van der Waals surface area contributed by atoms with Crippen LogP contribution < -0.4 is 0 Å². The van der Waals surface area contributed by atoms with Crippen molar-refractivity contribution in [2.75, 3.05) is 6.61 Å². The Labute approximate surface area is 151 Å². The van der Waals surface area contributed by atoms with Crippen LogP contribution in [0, 0.1) is 0 Å². The maximum Gasteiger partial charge on any atom is 0.0871 e. The van der Waals surface area contributed by atoms with E-state index < -0.39 is 0 Å². The van der Waals surface area contributed by atoms with E-state index in [1.165, 1.54) is 27.7 Å². The van der Waals surface area contributed by atoms with Crippen molar-refractivity contribution in [1.29, 1.82) is 0 Å². The largest absolute Gasteiger partial charge is 0.375 e. The Hall–Kier alpha value is -1.48. The lowest BCUT2D eigenvalue weighted by molar-refractivity contribution is 0.105. The fourth-order valence-corrected chi connectivity index (χ4v) is 4.23. The molecule has 1 aliphatic rings. The summed E-state index contributed by atoms with van der Waals surface area (Å²) in [5.41, 5.74) is 6.22. The number of benzene rings is 2. The molecule has 2 heterocycles. The molecule has 0 bridgehead atoms. The van der Waals surface area contributed by atoms with Gasteiger partial charge in [0.05, 0.1) is 13.2 Å². The second kappa shape index (κ2) is 6.44. The maximum absolute atomic E-state index is 6.50. The third kappa shape index (κ3) is 2.54. The van der Waals surface area contributed by atoms with Crippen LogP contribution in [-0.2, 0) is 24.3 Å². The summed E-state index contributed by atoms with van der Waals surface area (Å²) < 4.78 is 8.15. The van der Waals surface area contributed by atoms with Crippen molar-refractivity contribution in [2.24, 2.45) is 0 Å². The molecule has 0 amide bonds. The van der Waals surface area contributed by atoms with Crippen molar-refractivity contribution in [3.05, 3.63) is 57.7 Å². The monoisotopic (exact) mass is 359 g/mol. The van der Waals surface area contributed by atoms with Crippen LogP contribution in [0.3, 0.4) is 0 Å². The smallest absolute Gasteiger partial charge is 0.0871 e. The molecule has 0 N–H and O–H groups in total. The van der Waals surface area contributed by atoms with Gasteiger partial charge >= 0.3 is 0 Å². The van der Waals surface area contributed by atoms with Crippen molar-refractivity contribution in [2.45, 2.75) is 32.9 Å². The van der Waals surface area contributed by atoms with Crippen LogP contribution in [0.15, 0.2) is 36.4 Å². The van der Waals surface area contributed by atoms with Gasteiger partial charge < -0.3 is 9.30 Å². The van der Waals surface area contributed by atoms with Gasteiger partial charge in [0.1, 0.15) is 0 Å². The summed E-state index contributed by atoms with van der Waals surface area (Å²) in [4.78, 5) is 0. The van der Waals surface area contributed by atoms with Crippen molar-refractivity contribution >= 4 is 34.1 Å². The minimum absolute atomic E-state index is 0.662. The van der Waals surface area contributed by atoms with Crippen LogP contribution in [0.5, 0.6) is 0 Å². The Morgan fingerprint density at radius 3 is 2.79 bits per heavy atom. The molecule has 0 saturated heterocycles. The average Bonchev–Trinajstić information content (AvgIpc) is 2.90. The Balaban J connectivity index is 2.04. The molecule has 0 aliphatic carbocycles. The fraction of sp³-hybridized carbons (Fsp3) is 0.300. The number of halogens is 2. The van der Waals surface area contributed by atoms with Gasteiger partial charge in [-0.3, -0.25) is 0 Å². The van der Waals surface area contributed by atoms with E-state index in [-0.39, 0.29) is 0 Å². The van der Waals surface area contributed by atoms with Crippen molar-refractivity contribution < 1.29 is 4.74 Å². The topological polar surface area (TPSA) is 14.2 Å². The fourth-order valence-electron chi connectivity index (χ4n) is 3.72. The first-order valence-electron chi connectivity index (χ1n) is 8.37. The van der Waals surface area contributed by atoms with Gasteiger partial charge in [-0.15, -0.1) is 0 Å². The number of aromatic nitrogens is 1. The second-order valence-electron chi connectivity index (χ2n) is 6.20. The van der Waals surface area contributed by atoms with Gasteiger partial charge in [-0.1, -0.05) is 48.3 Å².